The zero-order valence-electron chi connectivity index (χ0n) is 9.36. The van der Waals surface area contributed by atoms with E-state index in [1.54, 1.807) is 6.07 Å². The van der Waals surface area contributed by atoms with Crippen LogP contribution in [-0.2, 0) is 9.84 Å². The lowest BCUT2D eigenvalue weighted by atomic mass is 10.1. The van der Waals surface area contributed by atoms with Crippen LogP contribution in [0.2, 0.25) is 0 Å². The fourth-order valence-corrected chi connectivity index (χ4v) is 2.69. The lowest BCUT2D eigenvalue weighted by Gasteiger charge is -2.12. The van der Waals surface area contributed by atoms with Gasteiger partial charge in [0.05, 0.1) is 10.6 Å². The maximum atomic E-state index is 13.2. The van der Waals surface area contributed by atoms with Crippen molar-refractivity contribution >= 4 is 25.8 Å². The summed E-state index contributed by atoms with van der Waals surface area (Å²) < 4.78 is 35.3. The second-order valence-corrected chi connectivity index (χ2v) is 6.98. The van der Waals surface area contributed by atoms with Crippen LogP contribution in [0.1, 0.15) is 24.5 Å². The minimum atomic E-state index is -3.02. The molecule has 0 saturated carbocycles. The molecule has 0 heterocycles. The molecule has 17 heavy (non-hydrogen) atoms. The van der Waals surface area contributed by atoms with Crippen LogP contribution in [0.3, 0.4) is 0 Å². The Morgan fingerprint density at radius 3 is 2.71 bits per heavy atom. The summed E-state index contributed by atoms with van der Waals surface area (Å²) in [4.78, 5) is 0. The number of hydrogen-bond donors (Lipinski definition) is 1. The second kappa shape index (κ2) is 5.93. The molecular weight excluding hydrogens is 311 g/mol. The first-order valence-electron chi connectivity index (χ1n) is 5.11. The predicted octanol–water partition coefficient (Wildman–Crippen LogP) is 2.45. The summed E-state index contributed by atoms with van der Waals surface area (Å²) >= 11 is 3.06. The highest BCUT2D eigenvalue weighted by Gasteiger charge is 2.14. The number of halogens is 2. The van der Waals surface area contributed by atoms with Gasteiger partial charge in [0.15, 0.2) is 0 Å². The molecule has 0 fully saturated rings. The van der Waals surface area contributed by atoms with Crippen molar-refractivity contribution in [3.05, 3.63) is 34.1 Å². The van der Waals surface area contributed by atoms with Crippen molar-refractivity contribution in [3.8, 4) is 0 Å². The lowest BCUT2D eigenvalue weighted by molar-refractivity contribution is 0.165. The number of hydrogen-bond acceptors (Lipinski definition) is 3. The van der Waals surface area contributed by atoms with E-state index in [1.807, 2.05) is 0 Å². The molecule has 0 aliphatic heterocycles. The normalized spacial score (nSPS) is 13.6. The summed E-state index contributed by atoms with van der Waals surface area (Å²) in [6, 6.07) is 4.41. The van der Waals surface area contributed by atoms with Gasteiger partial charge in [0.2, 0.25) is 0 Å². The van der Waals surface area contributed by atoms with E-state index in [-0.39, 0.29) is 16.6 Å². The van der Waals surface area contributed by atoms with E-state index < -0.39 is 21.8 Å². The molecule has 6 heteroatoms. The van der Waals surface area contributed by atoms with Crippen molar-refractivity contribution in [1.82, 2.24) is 0 Å². The Kier molecular flexibility index (Phi) is 5.09. The van der Waals surface area contributed by atoms with Gasteiger partial charge in [-0.1, -0.05) is 12.1 Å². The molecule has 0 aliphatic rings. The van der Waals surface area contributed by atoms with Gasteiger partial charge in [0, 0.05) is 12.0 Å². The number of benzene rings is 1. The maximum absolute atomic E-state index is 13.2. The van der Waals surface area contributed by atoms with Gasteiger partial charge in [-0.05, 0) is 40.4 Å². The van der Waals surface area contributed by atoms with Gasteiger partial charge in [0.25, 0.3) is 0 Å². The fourth-order valence-electron chi connectivity index (χ4n) is 1.47. The lowest BCUT2D eigenvalue weighted by Crippen LogP contribution is -2.06. The van der Waals surface area contributed by atoms with Crippen LogP contribution >= 0.6 is 15.9 Å². The van der Waals surface area contributed by atoms with E-state index in [0.717, 1.165) is 6.26 Å². The molecular formula is C11H14BrFO3S. The SMILES string of the molecule is CS(=O)(=O)CCCC(O)c1cccc(F)c1Br. The highest BCUT2D eigenvalue weighted by molar-refractivity contribution is 9.10. The van der Waals surface area contributed by atoms with E-state index in [1.165, 1.54) is 12.1 Å². The third-order valence-electron chi connectivity index (χ3n) is 2.33. The standard InChI is InChI=1S/C11H14BrFO3S/c1-17(15,16)7-3-6-10(14)8-4-2-5-9(13)11(8)12/h2,4-5,10,14H,3,6-7H2,1H3. The molecule has 0 radical (unpaired) electrons. The molecule has 0 amide bonds. The number of sulfone groups is 1. The topological polar surface area (TPSA) is 54.4 Å². The summed E-state index contributed by atoms with van der Waals surface area (Å²) in [5.41, 5.74) is 0.443. The summed E-state index contributed by atoms with van der Waals surface area (Å²) in [7, 11) is -3.02. The summed E-state index contributed by atoms with van der Waals surface area (Å²) in [6.07, 6.45) is 0.928. The van der Waals surface area contributed by atoms with Crippen molar-refractivity contribution in [2.75, 3.05) is 12.0 Å². The molecule has 96 valence electrons. The minimum absolute atomic E-state index is 0.0248. The van der Waals surface area contributed by atoms with E-state index in [4.69, 9.17) is 0 Å². The minimum Gasteiger partial charge on any atom is -0.388 e. The van der Waals surface area contributed by atoms with Crippen molar-refractivity contribution in [3.63, 3.8) is 0 Å². The smallest absolute Gasteiger partial charge is 0.147 e. The Morgan fingerprint density at radius 1 is 1.47 bits per heavy atom. The Balaban J connectivity index is 2.64. The first-order valence-corrected chi connectivity index (χ1v) is 7.96. The highest BCUT2D eigenvalue weighted by atomic mass is 79.9. The zero-order valence-corrected chi connectivity index (χ0v) is 11.8. The molecule has 1 N–H and O–H groups in total. The average Bonchev–Trinajstić information content (AvgIpc) is 2.20. The molecule has 0 bridgehead atoms. The fraction of sp³-hybridized carbons (Fsp3) is 0.455. The third kappa shape index (κ3) is 4.73. The first-order chi connectivity index (χ1) is 7.81. The molecule has 1 atom stereocenters. The van der Waals surface area contributed by atoms with Crippen LogP contribution in [0, 0.1) is 5.82 Å². The van der Waals surface area contributed by atoms with Gasteiger partial charge in [-0.2, -0.15) is 0 Å². The van der Waals surface area contributed by atoms with Gasteiger partial charge >= 0.3 is 0 Å². The molecule has 0 aromatic heterocycles. The summed E-state index contributed by atoms with van der Waals surface area (Å²) in [5.74, 6) is -0.415. The van der Waals surface area contributed by atoms with Gasteiger partial charge < -0.3 is 5.11 Å². The Bertz CT molecular complexity index is 487. The van der Waals surface area contributed by atoms with Crippen LogP contribution in [0.25, 0.3) is 0 Å². The Morgan fingerprint density at radius 2 is 2.12 bits per heavy atom. The molecule has 1 rings (SSSR count). The zero-order chi connectivity index (χ0) is 13.1. The van der Waals surface area contributed by atoms with Gasteiger partial charge in [-0.25, -0.2) is 12.8 Å². The second-order valence-electron chi connectivity index (χ2n) is 3.93. The third-order valence-corrected chi connectivity index (χ3v) is 4.20. The largest absolute Gasteiger partial charge is 0.388 e. The molecule has 3 nitrogen and oxygen atoms in total. The monoisotopic (exact) mass is 324 g/mol. The van der Waals surface area contributed by atoms with E-state index in [9.17, 15) is 17.9 Å². The van der Waals surface area contributed by atoms with Crippen molar-refractivity contribution in [1.29, 1.82) is 0 Å². The van der Waals surface area contributed by atoms with E-state index in [0.29, 0.717) is 12.0 Å². The highest BCUT2D eigenvalue weighted by Crippen LogP contribution is 2.28. The van der Waals surface area contributed by atoms with E-state index in [2.05, 4.69) is 15.9 Å². The number of rotatable bonds is 5. The summed E-state index contributed by atoms with van der Waals surface area (Å²) in [6.45, 7) is 0. The van der Waals surface area contributed by atoms with Crippen LogP contribution in [0.4, 0.5) is 4.39 Å². The van der Waals surface area contributed by atoms with Crippen molar-refractivity contribution < 1.29 is 17.9 Å². The van der Waals surface area contributed by atoms with Crippen molar-refractivity contribution in [2.24, 2.45) is 0 Å². The molecule has 1 aromatic rings. The Hall–Kier alpha value is -0.460. The van der Waals surface area contributed by atoms with Gasteiger partial charge in [-0.15, -0.1) is 0 Å². The molecule has 0 saturated heterocycles. The van der Waals surface area contributed by atoms with Crippen LogP contribution < -0.4 is 0 Å². The number of aliphatic hydroxyl groups excluding tert-OH is 1. The van der Waals surface area contributed by atoms with E-state index >= 15 is 0 Å². The predicted molar refractivity (Wildman–Crippen MR) is 68.0 cm³/mol. The number of aliphatic hydroxyl groups is 1. The van der Waals surface area contributed by atoms with Crippen LogP contribution in [0.5, 0.6) is 0 Å². The first kappa shape index (κ1) is 14.6. The molecule has 1 unspecified atom stereocenters. The molecule has 1 aromatic carbocycles. The van der Waals surface area contributed by atoms with Crippen molar-refractivity contribution in [2.45, 2.75) is 18.9 Å². The van der Waals surface area contributed by atoms with Crippen LogP contribution in [-0.4, -0.2) is 25.5 Å². The summed E-state index contributed by atoms with van der Waals surface area (Å²) in [5, 5.41) is 9.83. The maximum Gasteiger partial charge on any atom is 0.147 e. The van der Waals surface area contributed by atoms with Crippen LogP contribution in [0.15, 0.2) is 22.7 Å². The molecule has 0 spiro atoms. The average molecular weight is 325 g/mol. The van der Waals surface area contributed by atoms with Gasteiger partial charge in [0.1, 0.15) is 15.7 Å². The van der Waals surface area contributed by atoms with Gasteiger partial charge in [-0.3, -0.25) is 0 Å². The Labute approximate surface area is 109 Å². The molecule has 0 aliphatic carbocycles. The quantitative estimate of drug-likeness (QED) is 0.905.